The Bertz CT molecular complexity index is 685. The SMILES string of the molecule is C[C@@H]1CN(S(=O)(=O)c2ccc3c(c2)CCO3)C[C@H]1C(=O)O. The number of rotatable bonds is 3. The largest absolute Gasteiger partial charge is 0.493 e. The van der Waals surface area contributed by atoms with E-state index in [4.69, 9.17) is 9.84 Å². The lowest BCUT2D eigenvalue weighted by molar-refractivity contribution is -0.142. The molecule has 0 unspecified atom stereocenters. The number of fused-ring (bicyclic) bond motifs is 1. The summed E-state index contributed by atoms with van der Waals surface area (Å²) in [5.41, 5.74) is 0.887. The molecule has 0 saturated carbocycles. The molecule has 0 aliphatic carbocycles. The van der Waals surface area contributed by atoms with Crippen molar-refractivity contribution in [2.45, 2.75) is 18.2 Å². The summed E-state index contributed by atoms with van der Waals surface area (Å²) in [6, 6.07) is 4.83. The van der Waals surface area contributed by atoms with E-state index < -0.39 is 21.9 Å². The van der Waals surface area contributed by atoms with E-state index in [1.165, 1.54) is 10.4 Å². The molecule has 6 nitrogen and oxygen atoms in total. The van der Waals surface area contributed by atoms with E-state index in [1.54, 1.807) is 19.1 Å². The fourth-order valence-corrected chi connectivity index (χ4v) is 4.53. The highest BCUT2D eigenvalue weighted by Gasteiger charge is 2.40. The van der Waals surface area contributed by atoms with Crippen LogP contribution in [-0.4, -0.2) is 43.5 Å². The Balaban J connectivity index is 1.89. The molecule has 2 aliphatic rings. The van der Waals surface area contributed by atoms with E-state index in [2.05, 4.69) is 0 Å². The maximum atomic E-state index is 12.6. The van der Waals surface area contributed by atoms with E-state index in [1.807, 2.05) is 0 Å². The van der Waals surface area contributed by atoms with Gasteiger partial charge in [0.05, 0.1) is 17.4 Å². The van der Waals surface area contributed by atoms with Crippen molar-refractivity contribution in [2.24, 2.45) is 11.8 Å². The smallest absolute Gasteiger partial charge is 0.308 e. The minimum atomic E-state index is -3.65. The number of benzene rings is 1. The molecule has 114 valence electrons. The van der Waals surface area contributed by atoms with Gasteiger partial charge in [-0.2, -0.15) is 4.31 Å². The highest BCUT2D eigenvalue weighted by molar-refractivity contribution is 7.89. The predicted octanol–water partition coefficient (Wildman–Crippen LogP) is 0.963. The second kappa shape index (κ2) is 4.99. The summed E-state index contributed by atoms with van der Waals surface area (Å²) in [6.45, 7) is 2.62. The van der Waals surface area contributed by atoms with Crippen LogP contribution < -0.4 is 4.74 Å². The first-order valence-corrected chi connectivity index (χ1v) is 8.32. The van der Waals surface area contributed by atoms with E-state index in [0.29, 0.717) is 13.0 Å². The first kappa shape index (κ1) is 14.3. The van der Waals surface area contributed by atoms with Crippen molar-refractivity contribution >= 4 is 16.0 Å². The van der Waals surface area contributed by atoms with Gasteiger partial charge in [0.15, 0.2) is 0 Å². The Hall–Kier alpha value is -1.60. The Labute approximate surface area is 123 Å². The molecule has 0 radical (unpaired) electrons. The van der Waals surface area contributed by atoms with Crippen LogP contribution in [0.2, 0.25) is 0 Å². The molecule has 0 bridgehead atoms. The lowest BCUT2D eigenvalue weighted by Gasteiger charge is -2.16. The molecule has 1 aromatic carbocycles. The summed E-state index contributed by atoms with van der Waals surface area (Å²) >= 11 is 0. The van der Waals surface area contributed by atoms with Crippen molar-refractivity contribution in [1.29, 1.82) is 0 Å². The van der Waals surface area contributed by atoms with E-state index in [0.717, 1.165) is 11.3 Å². The van der Waals surface area contributed by atoms with Crippen molar-refractivity contribution in [2.75, 3.05) is 19.7 Å². The topological polar surface area (TPSA) is 83.9 Å². The molecule has 0 aromatic heterocycles. The van der Waals surface area contributed by atoms with Gasteiger partial charge in [-0.05, 0) is 29.7 Å². The average Bonchev–Trinajstić information content (AvgIpc) is 3.03. The van der Waals surface area contributed by atoms with Crippen LogP contribution >= 0.6 is 0 Å². The summed E-state index contributed by atoms with van der Waals surface area (Å²) < 4.78 is 31.9. The van der Waals surface area contributed by atoms with Crippen LogP contribution in [0, 0.1) is 11.8 Å². The molecule has 0 amide bonds. The number of carboxylic acid groups (broad SMARTS) is 1. The van der Waals surface area contributed by atoms with Crippen LogP contribution in [0.25, 0.3) is 0 Å². The summed E-state index contributed by atoms with van der Waals surface area (Å²) in [6.07, 6.45) is 0.701. The monoisotopic (exact) mass is 311 g/mol. The molecule has 0 spiro atoms. The lowest BCUT2D eigenvalue weighted by Crippen LogP contribution is -2.30. The first-order valence-electron chi connectivity index (χ1n) is 6.88. The molecular weight excluding hydrogens is 294 g/mol. The Kier molecular flexibility index (Phi) is 3.41. The van der Waals surface area contributed by atoms with Crippen LogP contribution in [0.5, 0.6) is 5.75 Å². The van der Waals surface area contributed by atoms with Gasteiger partial charge in [-0.15, -0.1) is 0 Å². The number of hydrogen-bond donors (Lipinski definition) is 1. The maximum absolute atomic E-state index is 12.6. The normalized spacial score (nSPS) is 25.6. The average molecular weight is 311 g/mol. The van der Waals surface area contributed by atoms with Crippen molar-refractivity contribution in [1.82, 2.24) is 4.31 Å². The fourth-order valence-electron chi connectivity index (χ4n) is 2.91. The Morgan fingerprint density at radius 2 is 2.14 bits per heavy atom. The number of nitrogens with zero attached hydrogens (tertiary/aromatic N) is 1. The zero-order valence-electron chi connectivity index (χ0n) is 11.7. The van der Waals surface area contributed by atoms with Gasteiger partial charge in [0.25, 0.3) is 0 Å². The minimum Gasteiger partial charge on any atom is -0.493 e. The summed E-state index contributed by atoms with van der Waals surface area (Å²) in [7, 11) is -3.65. The van der Waals surface area contributed by atoms with Crippen LogP contribution in [0.4, 0.5) is 0 Å². The van der Waals surface area contributed by atoms with E-state index >= 15 is 0 Å². The second-order valence-electron chi connectivity index (χ2n) is 5.61. The van der Waals surface area contributed by atoms with E-state index in [-0.39, 0.29) is 23.9 Å². The molecule has 21 heavy (non-hydrogen) atoms. The first-order chi connectivity index (χ1) is 9.89. The van der Waals surface area contributed by atoms with Crippen LogP contribution in [0.3, 0.4) is 0 Å². The van der Waals surface area contributed by atoms with Crippen molar-refractivity contribution in [3.8, 4) is 5.75 Å². The van der Waals surface area contributed by atoms with Crippen molar-refractivity contribution in [3.63, 3.8) is 0 Å². The third kappa shape index (κ3) is 2.40. The van der Waals surface area contributed by atoms with E-state index in [9.17, 15) is 13.2 Å². The van der Waals surface area contributed by atoms with Gasteiger partial charge in [0, 0.05) is 19.5 Å². The number of hydrogen-bond acceptors (Lipinski definition) is 4. The number of carbonyl (C=O) groups is 1. The van der Waals surface area contributed by atoms with Gasteiger partial charge in [0.1, 0.15) is 5.75 Å². The fraction of sp³-hybridized carbons (Fsp3) is 0.500. The molecule has 2 aliphatic heterocycles. The van der Waals surface area contributed by atoms with Gasteiger partial charge in [-0.1, -0.05) is 6.92 Å². The molecule has 1 aromatic rings. The van der Waals surface area contributed by atoms with Crippen LogP contribution in [0.1, 0.15) is 12.5 Å². The van der Waals surface area contributed by atoms with Crippen molar-refractivity contribution < 1.29 is 23.1 Å². The number of aliphatic carboxylic acids is 1. The maximum Gasteiger partial charge on any atom is 0.308 e. The number of sulfonamides is 1. The zero-order valence-corrected chi connectivity index (χ0v) is 12.5. The third-order valence-electron chi connectivity index (χ3n) is 4.19. The standard InChI is InChI=1S/C14H17NO5S/c1-9-7-15(8-12(9)14(16)17)21(18,19)11-2-3-13-10(6-11)4-5-20-13/h2-3,6,9,12H,4-5,7-8H2,1H3,(H,16,17)/t9-,12-/m1/s1. The van der Waals surface area contributed by atoms with Gasteiger partial charge >= 0.3 is 5.97 Å². The summed E-state index contributed by atoms with van der Waals surface area (Å²) in [5, 5.41) is 9.13. The summed E-state index contributed by atoms with van der Waals surface area (Å²) in [5.74, 6) is -1.04. The molecule has 1 fully saturated rings. The molecule has 7 heteroatoms. The van der Waals surface area contributed by atoms with Crippen LogP contribution in [-0.2, 0) is 21.2 Å². The molecule has 2 heterocycles. The summed E-state index contributed by atoms with van der Waals surface area (Å²) in [4.78, 5) is 11.3. The Morgan fingerprint density at radius 3 is 2.81 bits per heavy atom. The van der Waals surface area contributed by atoms with Gasteiger partial charge in [0.2, 0.25) is 10.0 Å². The van der Waals surface area contributed by atoms with Crippen LogP contribution in [0.15, 0.2) is 23.1 Å². The molecule has 1 saturated heterocycles. The Morgan fingerprint density at radius 1 is 1.38 bits per heavy atom. The quantitative estimate of drug-likeness (QED) is 0.899. The van der Waals surface area contributed by atoms with Gasteiger partial charge in [-0.25, -0.2) is 8.42 Å². The van der Waals surface area contributed by atoms with Gasteiger partial charge in [-0.3, -0.25) is 4.79 Å². The minimum absolute atomic E-state index is 0.0341. The predicted molar refractivity (Wildman–Crippen MR) is 74.7 cm³/mol. The molecule has 3 rings (SSSR count). The lowest BCUT2D eigenvalue weighted by atomic mass is 9.99. The third-order valence-corrected chi connectivity index (χ3v) is 6.02. The number of ether oxygens (including phenoxy) is 1. The molecule has 1 N–H and O–H groups in total. The van der Waals surface area contributed by atoms with Crippen molar-refractivity contribution in [3.05, 3.63) is 23.8 Å². The highest BCUT2D eigenvalue weighted by atomic mass is 32.2. The molecular formula is C14H17NO5S. The van der Waals surface area contributed by atoms with Gasteiger partial charge < -0.3 is 9.84 Å². The highest BCUT2D eigenvalue weighted by Crippen LogP contribution is 2.32. The molecule has 2 atom stereocenters. The second-order valence-corrected chi connectivity index (χ2v) is 7.55. The number of carboxylic acids is 1. The zero-order chi connectivity index (χ0) is 15.2.